The van der Waals surface area contributed by atoms with Gasteiger partial charge in [-0.1, -0.05) is 23.1 Å². The SMILES string of the molecule is CC(=O)SCC(O)C(O)c1ccc([N+](=O)[O-])s1. The average molecular weight is 277 g/mol. The first-order chi connectivity index (χ1) is 7.91. The van der Waals surface area contributed by atoms with E-state index in [1.807, 2.05) is 0 Å². The summed E-state index contributed by atoms with van der Waals surface area (Å²) in [6.07, 6.45) is -2.33. The van der Waals surface area contributed by atoms with Gasteiger partial charge >= 0.3 is 5.00 Å². The summed E-state index contributed by atoms with van der Waals surface area (Å²) in [7, 11) is 0. The molecule has 0 aliphatic carbocycles. The molecule has 1 aromatic heterocycles. The maximum atomic E-state index is 10.7. The predicted octanol–water partition coefficient (Wildman–Crippen LogP) is 1.33. The van der Waals surface area contributed by atoms with Crippen molar-refractivity contribution in [3.05, 3.63) is 27.1 Å². The lowest BCUT2D eigenvalue weighted by molar-refractivity contribution is -0.380. The fraction of sp³-hybridized carbons (Fsp3) is 0.444. The van der Waals surface area contributed by atoms with Crippen molar-refractivity contribution < 1.29 is 19.9 Å². The van der Waals surface area contributed by atoms with E-state index in [2.05, 4.69) is 0 Å². The zero-order chi connectivity index (χ0) is 13.0. The summed E-state index contributed by atoms with van der Waals surface area (Å²) in [5.41, 5.74) is 0. The summed E-state index contributed by atoms with van der Waals surface area (Å²) in [6.45, 7) is 1.36. The second kappa shape index (κ2) is 6.10. The number of carbonyl (C=O) groups excluding carboxylic acids is 1. The van der Waals surface area contributed by atoms with Gasteiger partial charge in [0, 0.05) is 23.6 Å². The van der Waals surface area contributed by atoms with E-state index >= 15 is 0 Å². The lowest BCUT2D eigenvalue weighted by Crippen LogP contribution is -2.20. The van der Waals surface area contributed by atoms with Gasteiger partial charge in [0.15, 0.2) is 5.12 Å². The van der Waals surface area contributed by atoms with Crippen LogP contribution in [-0.4, -0.2) is 32.1 Å². The number of nitro groups is 1. The minimum Gasteiger partial charge on any atom is -0.389 e. The van der Waals surface area contributed by atoms with Gasteiger partial charge in [-0.3, -0.25) is 14.9 Å². The molecule has 17 heavy (non-hydrogen) atoms. The van der Waals surface area contributed by atoms with Crippen molar-refractivity contribution in [3.63, 3.8) is 0 Å². The summed E-state index contributed by atoms with van der Waals surface area (Å²) in [6, 6.07) is 2.67. The Bertz CT molecular complexity index is 419. The van der Waals surface area contributed by atoms with E-state index in [9.17, 15) is 25.1 Å². The third-order valence-corrected chi connectivity index (χ3v) is 3.93. The monoisotopic (exact) mass is 277 g/mol. The maximum Gasteiger partial charge on any atom is 0.324 e. The molecule has 0 fully saturated rings. The maximum absolute atomic E-state index is 10.7. The Morgan fingerprint density at radius 1 is 1.59 bits per heavy atom. The van der Waals surface area contributed by atoms with Gasteiger partial charge in [-0.15, -0.1) is 0 Å². The molecule has 2 atom stereocenters. The van der Waals surface area contributed by atoms with E-state index in [1.165, 1.54) is 19.1 Å². The largest absolute Gasteiger partial charge is 0.389 e. The molecule has 2 unspecified atom stereocenters. The van der Waals surface area contributed by atoms with Gasteiger partial charge in [0.1, 0.15) is 6.10 Å². The van der Waals surface area contributed by atoms with Crippen molar-refractivity contribution in [2.45, 2.75) is 19.1 Å². The second-order valence-corrected chi connectivity index (χ2v) is 5.54. The molecule has 0 saturated heterocycles. The smallest absolute Gasteiger partial charge is 0.324 e. The van der Waals surface area contributed by atoms with Crippen LogP contribution in [0.4, 0.5) is 5.00 Å². The van der Waals surface area contributed by atoms with Gasteiger partial charge in [-0.25, -0.2) is 0 Å². The lowest BCUT2D eigenvalue weighted by Gasteiger charge is -2.14. The quantitative estimate of drug-likeness (QED) is 0.622. The highest BCUT2D eigenvalue weighted by atomic mass is 32.2. The topological polar surface area (TPSA) is 101 Å². The Morgan fingerprint density at radius 3 is 2.71 bits per heavy atom. The van der Waals surface area contributed by atoms with Crippen molar-refractivity contribution in [1.82, 2.24) is 0 Å². The number of hydrogen-bond donors (Lipinski definition) is 2. The molecular weight excluding hydrogens is 266 g/mol. The molecule has 6 nitrogen and oxygen atoms in total. The third-order valence-electron chi connectivity index (χ3n) is 1.91. The molecular formula is C9H11NO5S2. The van der Waals surface area contributed by atoms with Gasteiger partial charge in [0.2, 0.25) is 0 Å². The number of thiophene rings is 1. The first-order valence-corrected chi connectivity index (χ1v) is 6.45. The van der Waals surface area contributed by atoms with Crippen LogP contribution in [0.1, 0.15) is 17.9 Å². The molecule has 0 radical (unpaired) electrons. The van der Waals surface area contributed by atoms with E-state index in [0.29, 0.717) is 4.88 Å². The zero-order valence-electron chi connectivity index (χ0n) is 8.90. The molecule has 0 aliphatic rings. The van der Waals surface area contributed by atoms with E-state index in [-0.39, 0.29) is 15.9 Å². The molecule has 0 aromatic carbocycles. The highest BCUT2D eigenvalue weighted by Gasteiger charge is 2.23. The van der Waals surface area contributed by atoms with Crippen LogP contribution in [0.3, 0.4) is 0 Å². The first-order valence-electron chi connectivity index (χ1n) is 4.65. The number of nitrogens with zero attached hydrogens (tertiary/aromatic N) is 1. The Morgan fingerprint density at radius 2 is 2.24 bits per heavy atom. The normalized spacial score (nSPS) is 14.3. The van der Waals surface area contributed by atoms with Crippen molar-refractivity contribution in [2.75, 3.05) is 5.75 Å². The number of aliphatic hydroxyl groups is 2. The molecule has 94 valence electrons. The zero-order valence-corrected chi connectivity index (χ0v) is 10.5. The van der Waals surface area contributed by atoms with E-state index in [4.69, 9.17) is 0 Å². The molecule has 2 N–H and O–H groups in total. The fourth-order valence-corrected chi connectivity index (χ4v) is 2.54. The molecule has 0 aliphatic heterocycles. The van der Waals surface area contributed by atoms with Crippen molar-refractivity contribution in [1.29, 1.82) is 0 Å². The number of aliphatic hydroxyl groups excluding tert-OH is 2. The number of thioether (sulfide) groups is 1. The molecule has 1 rings (SSSR count). The standard InChI is InChI=1S/C9H11NO5S2/c1-5(11)16-4-6(12)9(13)7-2-3-8(17-7)10(14)15/h2-3,6,9,12-13H,4H2,1H3. The Balaban J connectivity index is 2.64. The van der Waals surface area contributed by atoms with Gasteiger partial charge in [0.25, 0.3) is 0 Å². The average Bonchev–Trinajstić information content (AvgIpc) is 2.73. The number of hydrogen-bond acceptors (Lipinski definition) is 7. The van der Waals surface area contributed by atoms with Crippen LogP contribution in [0.2, 0.25) is 0 Å². The molecule has 0 spiro atoms. The van der Waals surface area contributed by atoms with Gasteiger partial charge in [-0.2, -0.15) is 0 Å². The predicted molar refractivity (Wildman–Crippen MR) is 65.1 cm³/mol. The third kappa shape index (κ3) is 4.08. The van der Waals surface area contributed by atoms with E-state index in [0.717, 1.165) is 23.1 Å². The molecule has 0 amide bonds. The van der Waals surface area contributed by atoms with Crippen LogP contribution in [0.25, 0.3) is 0 Å². The molecule has 1 heterocycles. The van der Waals surface area contributed by atoms with Gasteiger partial charge in [-0.05, 0) is 6.07 Å². The summed E-state index contributed by atoms with van der Waals surface area (Å²) >= 11 is 1.71. The van der Waals surface area contributed by atoms with Crippen molar-refractivity contribution >= 4 is 33.2 Å². The summed E-state index contributed by atoms with van der Waals surface area (Å²) < 4.78 is 0. The highest BCUT2D eigenvalue weighted by molar-refractivity contribution is 8.13. The summed E-state index contributed by atoms with van der Waals surface area (Å²) in [5, 5.41) is 29.5. The lowest BCUT2D eigenvalue weighted by atomic mass is 10.2. The van der Waals surface area contributed by atoms with Crippen LogP contribution in [0.5, 0.6) is 0 Å². The second-order valence-electron chi connectivity index (χ2n) is 3.25. The van der Waals surface area contributed by atoms with Gasteiger partial charge < -0.3 is 10.2 Å². The Kier molecular flexibility index (Phi) is 5.06. The van der Waals surface area contributed by atoms with E-state index < -0.39 is 17.1 Å². The first kappa shape index (κ1) is 14.1. The molecule has 0 bridgehead atoms. The van der Waals surface area contributed by atoms with E-state index in [1.54, 1.807) is 0 Å². The van der Waals surface area contributed by atoms with Crippen molar-refractivity contribution in [2.24, 2.45) is 0 Å². The molecule has 0 saturated carbocycles. The minimum absolute atomic E-state index is 0.0577. The highest BCUT2D eigenvalue weighted by Crippen LogP contribution is 2.31. The van der Waals surface area contributed by atoms with Crippen LogP contribution < -0.4 is 0 Å². The van der Waals surface area contributed by atoms with Crippen LogP contribution in [-0.2, 0) is 4.79 Å². The van der Waals surface area contributed by atoms with Crippen LogP contribution >= 0.6 is 23.1 Å². The van der Waals surface area contributed by atoms with Crippen molar-refractivity contribution in [3.8, 4) is 0 Å². The fourth-order valence-electron chi connectivity index (χ4n) is 1.08. The van der Waals surface area contributed by atoms with Crippen LogP contribution in [0, 0.1) is 10.1 Å². The Labute approximate surface area is 105 Å². The Hall–Kier alpha value is -0.960. The molecule has 1 aromatic rings. The minimum atomic E-state index is -1.21. The summed E-state index contributed by atoms with van der Waals surface area (Å²) in [4.78, 5) is 20.9. The molecule has 8 heteroatoms. The van der Waals surface area contributed by atoms with Crippen LogP contribution in [0.15, 0.2) is 12.1 Å². The summed E-state index contributed by atoms with van der Waals surface area (Å²) in [5.74, 6) is 0.0577. The number of rotatable bonds is 5. The van der Waals surface area contributed by atoms with Gasteiger partial charge in [0.05, 0.1) is 11.0 Å². The number of carbonyl (C=O) groups is 1.